The van der Waals surface area contributed by atoms with E-state index in [0.29, 0.717) is 23.5 Å². The lowest BCUT2D eigenvalue weighted by atomic mass is 10.2. The maximum atomic E-state index is 11.5. The first-order valence-electron chi connectivity index (χ1n) is 6.09. The maximum absolute atomic E-state index is 11.5. The number of nitrogens with one attached hydrogen (secondary N) is 3. The van der Waals surface area contributed by atoms with Crippen LogP contribution in [0.5, 0.6) is 0 Å². The van der Waals surface area contributed by atoms with Crippen LogP contribution >= 0.6 is 11.8 Å². The Balaban J connectivity index is 2.12. The molecule has 9 heteroatoms. The van der Waals surface area contributed by atoms with Gasteiger partial charge in [0.2, 0.25) is 0 Å². The molecular weight excluding hydrogens is 282 g/mol. The van der Waals surface area contributed by atoms with E-state index >= 15 is 0 Å². The first-order chi connectivity index (χ1) is 9.67. The lowest BCUT2D eigenvalue weighted by molar-refractivity contribution is 0.0688. The van der Waals surface area contributed by atoms with E-state index in [2.05, 4.69) is 25.5 Å². The molecule has 2 rings (SSSR count). The molecule has 2 aromatic heterocycles. The third-order valence-corrected chi connectivity index (χ3v) is 3.65. The monoisotopic (exact) mass is 299 g/mol. The molecule has 2 aromatic rings. The van der Waals surface area contributed by atoms with Crippen molar-refractivity contribution in [2.24, 2.45) is 0 Å². The second kappa shape index (κ2) is 6.84. The van der Waals surface area contributed by atoms with Crippen LogP contribution in [0.15, 0.2) is 11.1 Å². The van der Waals surface area contributed by atoms with Crippen molar-refractivity contribution >= 4 is 22.8 Å². The number of hydrogen-bond acceptors (Lipinski definition) is 7. The van der Waals surface area contributed by atoms with Gasteiger partial charge in [-0.15, -0.1) is 0 Å². The number of thioether (sulfide) groups is 1. The molecule has 0 saturated heterocycles. The van der Waals surface area contributed by atoms with Gasteiger partial charge in [-0.25, -0.2) is 4.98 Å². The van der Waals surface area contributed by atoms with Gasteiger partial charge < -0.3 is 20.5 Å². The summed E-state index contributed by atoms with van der Waals surface area (Å²) in [7, 11) is 0. The fraction of sp³-hybridized carbons (Fsp3) is 0.545. The van der Waals surface area contributed by atoms with Gasteiger partial charge in [-0.1, -0.05) is 0 Å². The van der Waals surface area contributed by atoms with E-state index in [1.165, 1.54) is 6.33 Å². The van der Waals surface area contributed by atoms with E-state index < -0.39 is 6.10 Å². The lowest BCUT2D eigenvalue weighted by Gasteiger charge is -2.21. The van der Waals surface area contributed by atoms with Crippen LogP contribution in [0.25, 0.3) is 11.0 Å². The molecule has 5 N–H and O–H groups in total. The molecule has 0 radical (unpaired) electrons. The lowest BCUT2D eigenvalue weighted by Crippen LogP contribution is -2.43. The molecule has 2 heterocycles. The highest BCUT2D eigenvalue weighted by Gasteiger charge is 2.18. The van der Waals surface area contributed by atoms with Crippen molar-refractivity contribution in [3.63, 3.8) is 0 Å². The number of aliphatic hydroxyl groups excluding tert-OH is 2. The topological polar surface area (TPSA) is 127 Å². The van der Waals surface area contributed by atoms with Crippen molar-refractivity contribution in [3.8, 4) is 0 Å². The molecule has 0 fully saturated rings. The van der Waals surface area contributed by atoms with Crippen LogP contribution in [-0.4, -0.2) is 61.1 Å². The molecular formula is C11H17N5O3S. The SMILES string of the molecule is CSC[C@@H](NCc1[nH]nc2c(=O)[nH]cnc12)[C@H](O)CO. The quantitative estimate of drug-likeness (QED) is 0.435. The van der Waals surface area contributed by atoms with Gasteiger partial charge >= 0.3 is 0 Å². The summed E-state index contributed by atoms with van der Waals surface area (Å²) in [4.78, 5) is 18.1. The van der Waals surface area contributed by atoms with Gasteiger partial charge in [0, 0.05) is 18.3 Å². The fourth-order valence-electron chi connectivity index (χ4n) is 1.86. The minimum atomic E-state index is -0.840. The molecule has 0 bridgehead atoms. The van der Waals surface area contributed by atoms with Crippen LogP contribution in [0.4, 0.5) is 0 Å². The second-order valence-corrected chi connectivity index (χ2v) is 5.23. The zero-order valence-corrected chi connectivity index (χ0v) is 11.8. The average molecular weight is 299 g/mol. The van der Waals surface area contributed by atoms with Crippen LogP contribution in [0.2, 0.25) is 0 Å². The van der Waals surface area contributed by atoms with Gasteiger partial charge in [0.05, 0.1) is 24.7 Å². The predicted octanol–water partition coefficient (Wildman–Crippen LogP) is -1.18. The Labute approximate surface area is 119 Å². The van der Waals surface area contributed by atoms with E-state index in [0.717, 1.165) is 0 Å². The van der Waals surface area contributed by atoms with Gasteiger partial charge in [0.15, 0.2) is 5.52 Å². The van der Waals surface area contributed by atoms with E-state index in [9.17, 15) is 9.90 Å². The summed E-state index contributed by atoms with van der Waals surface area (Å²) in [5.74, 6) is 0.655. The minimum absolute atomic E-state index is 0.254. The highest BCUT2D eigenvalue weighted by molar-refractivity contribution is 7.98. The van der Waals surface area contributed by atoms with Crippen LogP contribution in [0.1, 0.15) is 5.69 Å². The molecule has 0 amide bonds. The summed E-state index contributed by atoms with van der Waals surface area (Å²) in [5.41, 5.74) is 1.13. The Morgan fingerprint density at radius 2 is 2.30 bits per heavy atom. The normalized spacial score (nSPS) is 14.6. The van der Waals surface area contributed by atoms with Gasteiger partial charge in [-0.2, -0.15) is 16.9 Å². The summed E-state index contributed by atoms with van der Waals surface area (Å²) < 4.78 is 0. The summed E-state index contributed by atoms with van der Waals surface area (Å²) in [6, 6.07) is -0.254. The molecule has 0 unspecified atom stereocenters. The van der Waals surface area contributed by atoms with Gasteiger partial charge in [0.1, 0.15) is 5.52 Å². The van der Waals surface area contributed by atoms with Crippen LogP contribution < -0.4 is 10.9 Å². The Hall–Kier alpha value is -1.42. The molecule has 0 spiro atoms. The number of hydrogen-bond donors (Lipinski definition) is 5. The average Bonchev–Trinajstić information content (AvgIpc) is 2.87. The number of aromatic amines is 2. The van der Waals surface area contributed by atoms with Gasteiger partial charge in [-0.3, -0.25) is 9.89 Å². The van der Waals surface area contributed by atoms with E-state index in [4.69, 9.17) is 5.11 Å². The molecule has 110 valence electrons. The minimum Gasteiger partial charge on any atom is -0.394 e. The standard InChI is InChI=1S/C11H17N5O3S/c1-20-4-7(8(18)3-17)12-2-6-9-10(16-15-6)11(19)14-5-13-9/h5,7-8,12,17-18H,2-4H2,1H3,(H,15,16)(H,13,14,19)/t7-,8-/m1/s1. The Kier molecular flexibility index (Phi) is 5.12. The van der Waals surface area contributed by atoms with Crippen LogP contribution in [0, 0.1) is 0 Å². The van der Waals surface area contributed by atoms with Crippen molar-refractivity contribution < 1.29 is 10.2 Å². The summed E-state index contributed by atoms with van der Waals surface area (Å²) in [6.07, 6.45) is 2.41. The van der Waals surface area contributed by atoms with Crippen molar-refractivity contribution in [2.45, 2.75) is 18.7 Å². The smallest absolute Gasteiger partial charge is 0.279 e. The summed E-state index contributed by atoms with van der Waals surface area (Å²) in [6.45, 7) is 0.0646. The Bertz CT molecular complexity index is 613. The number of fused-ring (bicyclic) bond motifs is 1. The van der Waals surface area contributed by atoms with Gasteiger partial charge in [-0.05, 0) is 6.26 Å². The molecule has 0 saturated carbocycles. The third-order valence-electron chi connectivity index (χ3n) is 2.96. The molecule has 8 nitrogen and oxygen atoms in total. The van der Waals surface area contributed by atoms with Crippen molar-refractivity contribution in [1.29, 1.82) is 0 Å². The first-order valence-corrected chi connectivity index (χ1v) is 7.48. The molecule has 0 aliphatic heterocycles. The molecule has 0 aromatic carbocycles. The fourth-order valence-corrected chi connectivity index (χ4v) is 2.56. The maximum Gasteiger partial charge on any atom is 0.279 e. The van der Waals surface area contributed by atoms with E-state index in [1.807, 2.05) is 6.26 Å². The first kappa shape index (κ1) is 15.0. The zero-order valence-electron chi connectivity index (χ0n) is 11.0. The van der Waals surface area contributed by atoms with Crippen molar-refractivity contribution in [1.82, 2.24) is 25.5 Å². The number of nitrogens with zero attached hydrogens (tertiary/aromatic N) is 2. The Morgan fingerprint density at radius 1 is 1.50 bits per heavy atom. The number of aromatic nitrogens is 4. The summed E-state index contributed by atoms with van der Waals surface area (Å²) >= 11 is 1.57. The molecule has 20 heavy (non-hydrogen) atoms. The van der Waals surface area contributed by atoms with Crippen LogP contribution in [-0.2, 0) is 6.54 Å². The van der Waals surface area contributed by atoms with E-state index in [1.54, 1.807) is 11.8 Å². The highest BCUT2D eigenvalue weighted by Crippen LogP contribution is 2.09. The largest absolute Gasteiger partial charge is 0.394 e. The van der Waals surface area contributed by atoms with Crippen molar-refractivity contribution in [2.75, 3.05) is 18.6 Å². The number of H-pyrrole nitrogens is 2. The second-order valence-electron chi connectivity index (χ2n) is 4.32. The van der Waals surface area contributed by atoms with Crippen molar-refractivity contribution in [3.05, 3.63) is 22.4 Å². The number of aliphatic hydroxyl groups is 2. The number of rotatable bonds is 7. The molecule has 2 atom stereocenters. The van der Waals surface area contributed by atoms with E-state index in [-0.39, 0.29) is 23.7 Å². The Morgan fingerprint density at radius 3 is 3.00 bits per heavy atom. The molecule has 0 aliphatic rings. The summed E-state index contributed by atoms with van der Waals surface area (Å²) in [5, 5.41) is 28.5. The third kappa shape index (κ3) is 3.18. The molecule has 0 aliphatic carbocycles. The van der Waals surface area contributed by atoms with Gasteiger partial charge in [0.25, 0.3) is 5.56 Å². The predicted molar refractivity (Wildman–Crippen MR) is 76.6 cm³/mol. The highest BCUT2D eigenvalue weighted by atomic mass is 32.2. The zero-order chi connectivity index (χ0) is 14.5. The van der Waals surface area contributed by atoms with Crippen LogP contribution in [0.3, 0.4) is 0 Å².